The number of hydrogen-bond acceptors (Lipinski definition) is 4. The van der Waals surface area contributed by atoms with E-state index in [9.17, 15) is 13.2 Å². The number of ether oxygens (including phenoxy) is 1. The Balaban J connectivity index is 3.21. The van der Waals surface area contributed by atoms with Crippen molar-refractivity contribution in [2.75, 3.05) is 23.7 Å². The molecule has 0 aliphatic heterocycles. The van der Waals surface area contributed by atoms with Crippen LogP contribution in [0.1, 0.15) is 6.92 Å². The monoisotopic (exact) mass is 273 g/mol. The number of hydrogen-bond donors (Lipinski definition) is 1. The van der Waals surface area contributed by atoms with Gasteiger partial charge in [0.15, 0.2) is 0 Å². The number of carboxylic acids is 1. The summed E-state index contributed by atoms with van der Waals surface area (Å²) in [5.41, 5.74) is 0.276. The summed E-state index contributed by atoms with van der Waals surface area (Å²) < 4.78 is 29.6. The molecule has 0 amide bonds. The average molecular weight is 273 g/mol. The van der Waals surface area contributed by atoms with Crippen LogP contribution in [0.15, 0.2) is 24.3 Å². The van der Waals surface area contributed by atoms with Gasteiger partial charge in [0.1, 0.15) is 12.3 Å². The van der Waals surface area contributed by atoms with Crippen molar-refractivity contribution in [2.45, 2.75) is 6.92 Å². The predicted molar refractivity (Wildman–Crippen MR) is 67.4 cm³/mol. The first-order valence-corrected chi connectivity index (χ1v) is 6.88. The van der Waals surface area contributed by atoms with E-state index in [1.165, 1.54) is 26.2 Å². The van der Waals surface area contributed by atoms with E-state index < -0.39 is 22.5 Å². The third-order valence-electron chi connectivity index (χ3n) is 2.32. The van der Waals surface area contributed by atoms with Crippen molar-refractivity contribution >= 4 is 21.7 Å². The highest BCUT2D eigenvalue weighted by Gasteiger charge is 2.23. The molecule has 0 aliphatic carbocycles. The molecule has 0 fully saturated rings. The molecule has 0 spiro atoms. The molecule has 1 aromatic carbocycles. The Kier molecular flexibility index (Phi) is 4.55. The first-order valence-electron chi connectivity index (χ1n) is 5.27. The van der Waals surface area contributed by atoms with E-state index in [0.717, 1.165) is 4.31 Å². The lowest BCUT2D eigenvalue weighted by atomic mass is 10.3. The first kappa shape index (κ1) is 14.3. The molecule has 18 heavy (non-hydrogen) atoms. The Bertz CT molecular complexity index is 526. The summed E-state index contributed by atoms with van der Waals surface area (Å²) in [5, 5.41) is 8.79. The number of nitrogens with zero attached hydrogens (tertiary/aromatic N) is 1. The second-order valence-corrected chi connectivity index (χ2v) is 5.68. The van der Waals surface area contributed by atoms with E-state index in [2.05, 4.69) is 0 Å². The average Bonchev–Trinajstić information content (AvgIpc) is 2.35. The Hall–Kier alpha value is -1.76. The van der Waals surface area contributed by atoms with Gasteiger partial charge < -0.3 is 9.84 Å². The molecule has 0 heterocycles. The third kappa shape index (κ3) is 3.36. The quantitative estimate of drug-likeness (QED) is 0.833. The summed E-state index contributed by atoms with van der Waals surface area (Å²) in [4.78, 5) is 10.8. The number of carboxylic acid groups (broad SMARTS) is 1. The molecule has 0 aromatic heterocycles. The highest BCUT2D eigenvalue weighted by atomic mass is 32.2. The fourth-order valence-electron chi connectivity index (χ4n) is 1.39. The summed E-state index contributed by atoms with van der Waals surface area (Å²) in [6, 6.07) is 6.27. The number of rotatable bonds is 6. The fourth-order valence-corrected chi connectivity index (χ4v) is 2.45. The van der Waals surface area contributed by atoms with Crippen molar-refractivity contribution in [3.8, 4) is 5.75 Å². The lowest BCUT2D eigenvalue weighted by Gasteiger charge is -2.22. The van der Waals surface area contributed by atoms with Gasteiger partial charge in [0.25, 0.3) is 0 Å². The maximum Gasteiger partial charge on any atom is 0.324 e. The minimum absolute atomic E-state index is 0.169. The van der Waals surface area contributed by atoms with E-state index >= 15 is 0 Å². The van der Waals surface area contributed by atoms with Gasteiger partial charge in [-0.2, -0.15) is 0 Å². The minimum atomic E-state index is -3.64. The zero-order valence-electron chi connectivity index (χ0n) is 10.2. The summed E-state index contributed by atoms with van der Waals surface area (Å²) in [5.74, 6) is -0.915. The molecule has 1 N–H and O–H groups in total. The standard InChI is InChI=1S/C11H15NO5S/c1-3-18(15,16)12(8-11(13)14)9-5-4-6-10(7-9)17-2/h4-7H,3,8H2,1-2H3,(H,13,14). The van der Waals surface area contributed by atoms with Crippen molar-refractivity contribution in [3.63, 3.8) is 0 Å². The highest BCUT2D eigenvalue weighted by molar-refractivity contribution is 7.92. The van der Waals surface area contributed by atoms with Crippen molar-refractivity contribution in [1.82, 2.24) is 0 Å². The minimum Gasteiger partial charge on any atom is -0.497 e. The number of anilines is 1. The molecule has 0 saturated heterocycles. The molecule has 0 unspecified atom stereocenters. The zero-order valence-corrected chi connectivity index (χ0v) is 11.0. The van der Waals surface area contributed by atoms with Crippen LogP contribution in [0.2, 0.25) is 0 Å². The van der Waals surface area contributed by atoms with Gasteiger partial charge >= 0.3 is 5.97 Å². The first-order chi connectivity index (χ1) is 8.40. The van der Waals surface area contributed by atoms with Crippen LogP contribution in [0.3, 0.4) is 0 Å². The van der Waals surface area contributed by atoms with E-state index in [1.807, 2.05) is 0 Å². The largest absolute Gasteiger partial charge is 0.497 e. The van der Waals surface area contributed by atoms with Gasteiger partial charge in [-0.3, -0.25) is 9.10 Å². The molecule has 1 rings (SSSR count). The van der Waals surface area contributed by atoms with Crippen LogP contribution < -0.4 is 9.04 Å². The Labute approximate surface area is 106 Å². The molecule has 100 valence electrons. The number of benzene rings is 1. The van der Waals surface area contributed by atoms with Gasteiger partial charge in [-0.1, -0.05) is 6.07 Å². The van der Waals surface area contributed by atoms with Gasteiger partial charge in [-0.15, -0.1) is 0 Å². The third-order valence-corrected chi connectivity index (χ3v) is 4.06. The molecule has 0 radical (unpaired) electrons. The number of carbonyl (C=O) groups is 1. The van der Waals surface area contributed by atoms with E-state index in [0.29, 0.717) is 5.75 Å². The van der Waals surface area contributed by atoms with Gasteiger partial charge in [0.2, 0.25) is 10.0 Å². The molecule has 0 atom stereocenters. The van der Waals surface area contributed by atoms with Crippen LogP contribution in [-0.4, -0.2) is 38.9 Å². The maximum absolute atomic E-state index is 11.9. The highest BCUT2D eigenvalue weighted by Crippen LogP contribution is 2.23. The van der Waals surface area contributed by atoms with Crippen LogP contribution in [0.4, 0.5) is 5.69 Å². The molecule has 0 saturated carbocycles. The summed E-state index contributed by atoms with van der Waals surface area (Å²) in [6.07, 6.45) is 0. The summed E-state index contributed by atoms with van der Waals surface area (Å²) >= 11 is 0. The van der Waals surface area contributed by atoms with Crippen LogP contribution in [0.25, 0.3) is 0 Å². The predicted octanol–water partition coefficient (Wildman–Crippen LogP) is 0.936. The van der Waals surface area contributed by atoms with Gasteiger partial charge in [0.05, 0.1) is 18.6 Å². The number of methoxy groups -OCH3 is 1. The molecule has 7 heteroatoms. The second kappa shape index (κ2) is 5.72. The molecular formula is C11H15NO5S. The van der Waals surface area contributed by atoms with Crippen LogP contribution in [-0.2, 0) is 14.8 Å². The smallest absolute Gasteiger partial charge is 0.324 e. The normalized spacial score (nSPS) is 11.0. The van der Waals surface area contributed by atoms with E-state index in [4.69, 9.17) is 9.84 Å². The van der Waals surface area contributed by atoms with E-state index in [1.54, 1.807) is 12.1 Å². The van der Waals surface area contributed by atoms with Gasteiger partial charge in [-0.25, -0.2) is 8.42 Å². The molecule has 1 aromatic rings. The van der Waals surface area contributed by atoms with Crippen LogP contribution >= 0.6 is 0 Å². The number of aliphatic carboxylic acids is 1. The van der Waals surface area contributed by atoms with Crippen LogP contribution in [0, 0.1) is 0 Å². The molecule has 6 nitrogen and oxygen atoms in total. The zero-order chi connectivity index (χ0) is 13.8. The van der Waals surface area contributed by atoms with Gasteiger partial charge in [0, 0.05) is 6.07 Å². The lowest BCUT2D eigenvalue weighted by Crippen LogP contribution is -2.36. The summed E-state index contributed by atoms with van der Waals surface area (Å²) in [7, 11) is -2.18. The lowest BCUT2D eigenvalue weighted by molar-refractivity contribution is -0.135. The topological polar surface area (TPSA) is 83.9 Å². The van der Waals surface area contributed by atoms with Crippen molar-refractivity contribution in [3.05, 3.63) is 24.3 Å². The van der Waals surface area contributed by atoms with E-state index in [-0.39, 0.29) is 11.4 Å². The maximum atomic E-state index is 11.9. The number of sulfonamides is 1. The van der Waals surface area contributed by atoms with Crippen molar-refractivity contribution < 1.29 is 23.1 Å². The van der Waals surface area contributed by atoms with Crippen molar-refractivity contribution in [1.29, 1.82) is 0 Å². The summed E-state index contributed by atoms with van der Waals surface area (Å²) in [6.45, 7) is 0.855. The SMILES string of the molecule is CCS(=O)(=O)N(CC(=O)O)c1cccc(OC)c1. The fraction of sp³-hybridized carbons (Fsp3) is 0.364. The van der Waals surface area contributed by atoms with Crippen molar-refractivity contribution in [2.24, 2.45) is 0 Å². The van der Waals surface area contributed by atoms with Crippen LogP contribution in [0.5, 0.6) is 5.75 Å². The second-order valence-electron chi connectivity index (χ2n) is 3.50. The molecule has 0 aliphatic rings. The Morgan fingerprint density at radius 1 is 1.44 bits per heavy atom. The van der Waals surface area contributed by atoms with Gasteiger partial charge in [-0.05, 0) is 19.1 Å². The molecule has 0 bridgehead atoms. The molecular weight excluding hydrogens is 258 g/mol. The Morgan fingerprint density at radius 3 is 2.61 bits per heavy atom. The Morgan fingerprint density at radius 2 is 2.11 bits per heavy atom.